The monoisotopic (exact) mass is 327 g/mol. The molecule has 0 aromatic rings. The fourth-order valence-electron chi connectivity index (χ4n) is 0.0502. The van der Waals surface area contributed by atoms with Gasteiger partial charge in [-0.1, -0.05) is 0 Å². The molecule has 6 N–H and O–H groups in total. The second-order valence-electron chi connectivity index (χ2n) is 6.77. The molecule has 10 heteroatoms. The maximum Gasteiger partial charge on any atom is 0.663 e. The molecule has 0 aromatic heterocycles. The topological polar surface area (TPSA) is 131 Å². The minimum atomic E-state index is -2.41. The summed E-state index contributed by atoms with van der Waals surface area (Å²) in [5.74, 6) is 0. The van der Waals surface area contributed by atoms with Crippen LogP contribution >= 0.6 is 0 Å². The van der Waals surface area contributed by atoms with Gasteiger partial charge in [-0.05, 0) is 55.4 Å². The fraction of sp³-hybridized carbons (Fsp3) is 1.00. The first kappa shape index (κ1) is 26.7. The number of aliphatic hydroxyl groups is 4. The molecule has 0 aliphatic heterocycles. The zero-order chi connectivity index (χ0) is 19.0. The van der Waals surface area contributed by atoms with Gasteiger partial charge in [-0.25, -0.2) is 0 Å². The quantitative estimate of drug-likeness (QED) is 0.385. The summed E-state index contributed by atoms with van der Waals surface area (Å²) >= 11 is 0. The van der Waals surface area contributed by atoms with Crippen LogP contribution in [-0.2, 0) is 4.57 Å². The van der Waals surface area contributed by atoms with Gasteiger partial charge in [-0.2, -0.15) is 0 Å². The summed E-state index contributed by atoms with van der Waals surface area (Å²) in [6, 6.07) is 0. The predicted molar refractivity (Wildman–Crippen MR) is 83.3 cm³/mol. The number of halogens is 1. The van der Waals surface area contributed by atoms with Crippen molar-refractivity contribution in [2.45, 2.75) is 77.8 Å². The SMILES string of the molecule is CC(C)(O)C(C)(C)O.CC(C)(O)C(C)(C)O.O[B]OB(O)F. The summed E-state index contributed by atoms with van der Waals surface area (Å²) in [4.78, 5) is 0. The molecule has 22 heavy (non-hydrogen) atoms. The van der Waals surface area contributed by atoms with E-state index in [2.05, 4.69) is 4.57 Å². The van der Waals surface area contributed by atoms with E-state index in [0.29, 0.717) is 0 Å². The van der Waals surface area contributed by atoms with Crippen LogP contribution in [0.2, 0.25) is 0 Å². The van der Waals surface area contributed by atoms with Crippen LogP contribution in [0.25, 0.3) is 0 Å². The molecule has 0 heterocycles. The Hall–Kier alpha value is -0.220. The van der Waals surface area contributed by atoms with Gasteiger partial charge < -0.3 is 35.0 Å². The molecule has 0 rings (SSSR count). The molecule has 0 aliphatic rings. The molecule has 0 aliphatic carbocycles. The second-order valence-corrected chi connectivity index (χ2v) is 6.77. The van der Waals surface area contributed by atoms with Crippen molar-refractivity contribution in [3.8, 4) is 0 Å². The molecule has 0 saturated heterocycles. The van der Waals surface area contributed by atoms with Crippen molar-refractivity contribution in [1.82, 2.24) is 0 Å². The van der Waals surface area contributed by atoms with E-state index in [1.165, 1.54) is 0 Å². The van der Waals surface area contributed by atoms with Gasteiger partial charge in [0, 0.05) is 0 Å². The number of hydrogen-bond acceptors (Lipinski definition) is 7. The van der Waals surface area contributed by atoms with Gasteiger partial charge in [-0.15, -0.1) is 0 Å². The van der Waals surface area contributed by atoms with Gasteiger partial charge in [-0.3, -0.25) is 4.32 Å². The summed E-state index contributed by atoms with van der Waals surface area (Å²) in [6.45, 7) is 12.6. The molecule has 0 bridgehead atoms. The Morgan fingerprint density at radius 1 is 0.727 bits per heavy atom. The van der Waals surface area contributed by atoms with E-state index in [-0.39, 0.29) is 7.69 Å². The van der Waals surface area contributed by atoms with Crippen molar-refractivity contribution < 1.29 is 39.4 Å². The third kappa shape index (κ3) is 16.2. The van der Waals surface area contributed by atoms with Crippen molar-refractivity contribution in [2.24, 2.45) is 0 Å². The first-order valence-corrected chi connectivity index (χ1v) is 6.60. The molecule has 0 spiro atoms. The highest BCUT2D eigenvalue weighted by Crippen LogP contribution is 2.19. The van der Waals surface area contributed by atoms with Crippen LogP contribution in [0, 0.1) is 0 Å². The molecule has 0 saturated carbocycles. The molecule has 0 aromatic carbocycles. The van der Waals surface area contributed by atoms with Crippen molar-refractivity contribution >= 4 is 15.1 Å². The van der Waals surface area contributed by atoms with E-state index in [0.717, 1.165) is 0 Å². The van der Waals surface area contributed by atoms with Crippen LogP contribution in [-0.4, -0.2) is 68.0 Å². The Morgan fingerprint density at radius 2 is 0.909 bits per heavy atom. The zero-order valence-electron chi connectivity index (χ0n) is 14.6. The zero-order valence-corrected chi connectivity index (χ0v) is 14.6. The smallest absolute Gasteiger partial charge is 0.430 e. The Kier molecular flexibility index (Phi) is 11.9. The van der Waals surface area contributed by atoms with Crippen LogP contribution in [0.15, 0.2) is 0 Å². The molecule has 0 atom stereocenters. The van der Waals surface area contributed by atoms with Crippen molar-refractivity contribution in [1.29, 1.82) is 0 Å². The number of rotatable bonds is 4. The van der Waals surface area contributed by atoms with E-state index < -0.39 is 29.8 Å². The van der Waals surface area contributed by atoms with Gasteiger partial charge in [0.1, 0.15) is 0 Å². The van der Waals surface area contributed by atoms with Gasteiger partial charge in [0.25, 0.3) is 0 Å². The first-order valence-electron chi connectivity index (χ1n) is 6.60. The minimum Gasteiger partial charge on any atom is -0.430 e. The van der Waals surface area contributed by atoms with Gasteiger partial charge in [0.2, 0.25) is 0 Å². The summed E-state index contributed by atoms with van der Waals surface area (Å²) in [6.07, 6.45) is 0. The van der Waals surface area contributed by atoms with E-state index in [4.69, 9.17) is 30.5 Å². The highest BCUT2D eigenvalue weighted by atomic mass is 19.1. The molecule has 0 fully saturated rings. The van der Waals surface area contributed by atoms with E-state index in [9.17, 15) is 4.32 Å². The lowest BCUT2D eigenvalue weighted by molar-refractivity contribution is -0.107. The lowest BCUT2D eigenvalue weighted by Crippen LogP contribution is -2.44. The van der Waals surface area contributed by atoms with Crippen LogP contribution in [0.1, 0.15) is 55.4 Å². The minimum absolute atomic E-state index is 0.0741. The summed E-state index contributed by atoms with van der Waals surface area (Å²) in [5, 5.41) is 51.4. The molecule has 133 valence electrons. The standard InChI is InChI=1S/2C6H14O2.B2FH2O3/c2*1-5(2,7)6(3,4)8;3-2(5)6-1-4/h2*7-8H,1-4H3;4-5H. The number of hydrogen-bond donors (Lipinski definition) is 6. The van der Waals surface area contributed by atoms with Crippen molar-refractivity contribution in [3.63, 3.8) is 0 Å². The van der Waals surface area contributed by atoms with Crippen LogP contribution in [0.4, 0.5) is 4.32 Å². The Labute approximate surface area is 133 Å². The highest BCUT2D eigenvalue weighted by Gasteiger charge is 2.32. The molecule has 7 nitrogen and oxygen atoms in total. The van der Waals surface area contributed by atoms with Crippen molar-refractivity contribution in [2.75, 3.05) is 0 Å². The average molecular weight is 327 g/mol. The first-order chi connectivity index (χ1) is 9.27. The van der Waals surface area contributed by atoms with Crippen molar-refractivity contribution in [3.05, 3.63) is 0 Å². The Morgan fingerprint density at radius 3 is 0.909 bits per heavy atom. The molecule has 0 unspecified atom stereocenters. The Bertz CT molecular complexity index is 227. The average Bonchev–Trinajstić information content (AvgIpc) is 2.11. The fourth-order valence-corrected chi connectivity index (χ4v) is 0.0502. The molecule has 1 radical (unpaired) electrons. The second kappa shape index (κ2) is 9.82. The summed E-state index contributed by atoms with van der Waals surface area (Å²) < 4.78 is 14.2. The van der Waals surface area contributed by atoms with E-state index >= 15 is 0 Å². The van der Waals surface area contributed by atoms with E-state index in [1.807, 2.05) is 0 Å². The lowest BCUT2D eigenvalue weighted by Gasteiger charge is -2.31. The normalized spacial score (nSPS) is 12.5. The van der Waals surface area contributed by atoms with Crippen LogP contribution in [0.5, 0.6) is 0 Å². The highest BCUT2D eigenvalue weighted by molar-refractivity contribution is 6.43. The van der Waals surface area contributed by atoms with Crippen LogP contribution < -0.4 is 0 Å². The maximum atomic E-state index is 10.8. The third-order valence-corrected chi connectivity index (χ3v) is 3.17. The molecular formula is C12H30B2FO7. The third-order valence-electron chi connectivity index (χ3n) is 3.17. The lowest BCUT2D eigenvalue weighted by atomic mass is 9.90. The van der Waals surface area contributed by atoms with Crippen LogP contribution in [0.3, 0.4) is 0 Å². The largest absolute Gasteiger partial charge is 0.663 e. The molecule has 0 amide bonds. The van der Waals surface area contributed by atoms with Gasteiger partial charge >= 0.3 is 15.1 Å². The molecular weight excluding hydrogens is 297 g/mol. The predicted octanol–water partition coefficient (Wildman–Crippen LogP) is -0.467. The van der Waals surface area contributed by atoms with E-state index in [1.54, 1.807) is 55.4 Å². The Balaban J connectivity index is -0.000000249. The van der Waals surface area contributed by atoms with Gasteiger partial charge in [0.15, 0.2) is 0 Å². The summed E-state index contributed by atoms with van der Waals surface area (Å²) in [7, 11) is -2.33. The maximum absolute atomic E-state index is 10.8. The van der Waals surface area contributed by atoms with Gasteiger partial charge in [0.05, 0.1) is 22.4 Å². The summed E-state index contributed by atoms with van der Waals surface area (Å²) in [5.41, 5.74) is -4.03.